The lowest BCUT2D eigenvalue weighted by atomic mass is 10.1. The van der Waals surface area contributed by atoms with E-state index in [2.05, 4.69) is 23.5 Å². The van der Waals surface area contributed by atoms with E-state index in [0.29, 0.717) is 0 Å². The molecule has 96 valence electrons. The minimum absolute atomic E-state index is 0.0443. The first-order valence-electron chi connectivity index (χ1n) is 6.25. The van der Waals surface area contributed by atoms with E-state index in [1.54, 1.807) is 7.11 Å². The van der Waals surface area contributed by atoms with Crippen molar-refractivity contribution < 1.29 is 9.53 Å². The molecule has 0 saturated heterocycles. The number of rotatable bonds is 2. The van der Waals surface area contributed by atoms with Gasteiger partial charge in [0, 0.05) is 12.6 Å². The minimum Gasteiger partial charge on any atom is -0.497 e. The van der Waals surface area contributed by atoms with Gasteiger partial charge < -0.3 is 10.1 Å². The number of methoxy groups -OCH3 is 1. The second kappa shape index (κ2) is 4.43. The number of carbonyl (C=O) groups excluding carboxylic acids is 1. The van der Waals surface area contributed by atoms with Crippen molar-refractivity contribution in [3.8, 4) is 16.9 Å². The van der Waals surface area contributed by atoms with Crippen LogP contribution in [0.3, 0.4) is 0 Å². The van der Waals surface area contributed by atoms with Crippen LogP contribution in [0, 0.1) is 0 Å². The van der Waals surface area contributed by atoms with E-state index in [0.717, 1.165) is 17.9 Å². The Kier molecular flexibility index (Phi) is 2.75. The van der Waals surface area contributed by atoms with E-state index in [9.17, 15) is 4.79 Å². The lowest BCUT2D eigenvalue weighted by molar-refractivity contribution is -0.114. The Labute approximate surface area is 112 Å². The number of ether oxygens (including phenoxy) is 1. The molecule has 0 fully saturated rings. The first kappa shape index (κ1) is 11.8. The molecule has 0 atom stereocenters. The van der Waals surface area contributed by atoms with Crippen molar-refractivity contribution in [2.45, 2.75) is 13.3 Å². The Bertz CT molecular complexity index is 662. The molecular weight excluding hydrogens is 238 g/mol. The number of benzene rings is 2. The number of anilines is 1. The average molecular weight is 253 g/mol. The molecule has 0 spiro atoms. The summed E-state index contributed by atoms with van der Waals surface area (Å²) in [5, 5.41) is 2.82. The molecule has 1 N–H and O–H groups in total. The predicted octanol–water partition coefficient (Wildman–Crippen LogP) is 3.22. The number of nitrogens with one attached hydrogen (secondary N) is 1. The standard InChI is InChI=1S/C16H15NO2/c1-10(18)17-13-3-5-15-11(8-13)7-12-9-14(19-2)4-6-16(12)15/h3-6,8-9H,7H2,1-2H3,(H,17,18). The second-order valence-electron chi connectivity index (χ2n) is 4.75. The van der Waals surface area contributed by atoms with Crippen LogP contribution in [0.15, 0.2) is 36.4 Å². The van der Waals surface area contributed by atoms with Crippen molar-refractivity contribution in [1.82, 2.24) is 0 Å². The van der Waals surface area contributed by atoms with Crippen LogP contribution in [0.25, 0.3) is 11.1 Å². The summed E-state index contributed by atoms with van der Waals surface area (Å²) in [6.07, 6.45) is 0.884. The van der Waals surface area contributed by atoms with Gasteiger partial charge >= 0.3 is 0 Å². The van der Waals surface area contributed by atoms with Crippen LogP contribution in [-0.4, -0.2) is 13.0 Å². The molecule has 19 heavy (non-hydrogen) atoms. The van der Waals surface area contributed by atoms with Gasteiger partial charge in [0.05, 0.1) is 7.11 Å². The van der Waals surface area contributed by atoms with Crippen molar-refractivity contribution in [3.05, 3.63) is 47.5 Å². The average Bonchev–Trinajstić information content (AvgIpc) is 2.74. The molecule has 1 amide bonds. The van der Waals surface area contributed by atoms with Crippen LogP contribution in [0.2, 0.25) is 0 Å². The van der Waals surface area contributed by atoms with Crippen molar-refractivity contribution in [2.24, 2.45) is 0 Å². The zero-order valence-corrected chi connectivity index (χ0v) is 11.0. The zero-order valence-electron chi connectivity index (χ0n) is 11.0. The normalized spacial score (nSPS) is 11.7. The lowest BCUT2D eigenvalue weighted by Gasteiger charge is -2.05. The molecule has 0 bridgehead atoms. The van der Waals surface area contributed by atoms with Crippen LogP contribution in [0.5, 0.6) is 5.75 Å². The Hall–Kier alpha value is -2.29. The largest absolute Gasteiger partial charge is 0.497 e. The van der Waals surface area contributed by atoms with Gasteiger partial charge in [-0.3, -0.25) is 4.79 Å². The smallest absolute Gasteiger partial charge is 0.221 e. The van der Waals surface area contributed by atoms with E-state index < -0.39 is 0 Å². The fraction of sp³-hybridized carbons (Fsp3) is 0.188. The number of hydrogen-bond donors (Lipinski definition) is 1. The Morgan fingerprint density at radius 1 is 1.11 bits per heavy atom. The molecule has 3 heteroatoms. The van der Waals surface area contributed by atoms with Crippen LogP contribution in [-0.2, 0) is 11.2 Å². The molecule has 1 aliphatic rings. The van der Waals surface area contributed by atoms with E-state index in [4.69, 9.17) is 4.74 Å². The zero-order chi connectivity index (χ0) is 13.4. The predicted molar refractivity (Wildman–Crippen MR) is 75.5 cm³/mol. The molecule has 0 heterocycles. The highest BCUT2D eigenvalue weighted by molar-refractivity contribution is 5.90. The maximum absolute atomic E-state index is 11.1. The maximum Gasteiger partial charge on any atom is 0.221 e. The summed E-state index contributed by atoms with van der Waals surface area (Å²) in [5.41, 5.74) is 5.87. The first-order chi connectivity index (χ1) is 9.17. The van der Waals surface area contributed by atoms with Gasteiger partial charge in [-0.1, -0.05) is 12.1 Å². The topological polar surface area (TPSA) is 38.3 Å². The molecule has 3 rings (SSSR count). The molecule has 0 radical (unpaired) electrons. The summed E-state index contributed by atoms with van der Waals surface area (Å²) in [6.45, 7) is 1.52. The van der Waals surface area contributed by atoms with Gasteiger partial charge in [-0.05, 0) is 52.9 Å². The Morgan fingerprint density at radius 3 is 2.47 bits per heavy atom. The van der Waals surface area contributed by atoms with Crippen LogP contribution in [0.4, 0.5) is 5.69 Å². The summed E-state index contributed by atoms with van der Waals surface area (Å²) in [4.78, 5) is 11.1. The summed E-state index contributed by atoms with van der Waals surface area (Å²) < 4.78 is 5.26. The SMILES string of the molecule is COc1ccc2c(c1)Cc1cc(NC(C)=O)ccc1-2. The van der Waals surface area contributed by atoms with Gasteiger partial charge in [-0.25, -0.2) is 0 Å². The summed E-state index contributed by atoms with van der Waals surface area (Å²) in [7, 11) is 1.68. The van der Waals surface area contributed by atoms with Crippen molar-refractivity contribution in [2.75, 3.05) is 12.4 Å². The second-order valence-corrected chi connectivity index (χ2v) is 4.75. The van der Waals surface area contributed by atoms with Crippen molar-refractivity contribution in [1.29, 1.82) is 0 Å². The third-order valence-electron chi connectivity index (χ3n) is 3.41. The fourth-order valence-electron chi connectivity index (χ4n) is 2.59. The Morgan fingerprint density at radius 2 is 1.79 bits per heavy atom. The minimum atomic E-state index is -0.0443. The van der Waals surface area contributed by atoms with E-state index in [1.165, 1.54) is 29.2 Å². The quantitative estimate of drug-likeness (QED) is 0.761. The number of carbonyl (C=O) groups is 1. The summed E-state index contributed by atoms with van der Waals surface area (Å²) >= 11 is 0. The molecule has 0 unspecified atom stereocenters. The third-order valence-corrected chi connectivity index (χ3v) is 3.41. The van der Waals surface area contributed by atoms with E-state index in [-0.39, 0.29) is 5.91 Å². The lowest BCUT2D eigenvalue weighted by Crippen LogP contribution is -2.05. The van der Waals surface area contributed by atoms with Gasteiger partial charge in [0.2, 0.25) is 5.91 Å². The van der Waals surface area contributed by atoms with Crippen LogP contribution >= 0.6 is 0 Å². The molecule has 1 aliphatic carbocycles. The van der Waals surface area contributed by atoms with Gasteiger partial charge in [-0.2, -0.15) is 0 Å². The molecule has 0 aliphatic heterocycles. The molecular formula is C16H15NO2. The summed E-state index contributed by atoms with van der Waals surface area (Å²) in [6, 6.07) is 12.2. The van der Waals surface area contributed by atoms with Crippen LogP contribution < -0.4 is 10.1 Å². The number of amides is 1. The molecule has 2 aromatic carbocycles. The van der Waals surface area contributed by atoms with E-state index >= 15 is 0 Å². The molecule has 2 aromatic rings. The molecule has 0 aromatic heterocycles. The summed E-state index contributed by atoms with van der Waals surface area (Å²) in [5.74, 6) is 0.839. The molecule has 3 nitrogen and oxygen atoms in total. The maximum atomic E-state index is 11.1. The van der Waals surface area contributed by atoms with Gasteiger partial charge in [0.1, 0.15) is 5.75 Å². The highest BCUT2D eigenvalue weighted by Crippen LogP contribution is 2.39. The van der Waals surface area contributed by atoms with Crippen LogP contribution in [0.1, 0.15) is 18.1 Å². The van der Waals surface area contributed by atoms with Gasteiger partial charge in [0.15, 0.2) is 0 Å². The van der Waals surface area contributed by atoms with Gasteiger partial charge in [-0.15, -0.1) is 0 Å². The van der Waals surface area contributed by atoms with Gasteiger partial charge in [0.25, 0.3) is 0 Å². The first-order valence-corrected chi connectivity index (χ1v) is 6.25. The Balaban J connectivity index is 2.00. The van der Waals surface area contributed by atoms with Crippen molar-refractivity contribution >= 4 is 11.6 Å². The molecule has 0 saturated carbocycles. The highest BCUT2D eigenvalue weighted by Gasteiger charge is 2.19. The van der Waals surface area contributed by atoms with E-state index in [1.807, 2.05) is 18.2 Å². The number of fused-ring (bicyclic) bond motifs is 3. The monoisotopic (exact) mass is 253 g/mol. The van der Waals surface area contributed by atoms with Crippen molar-refractivity contribution in [3.63, 3.8) is 0 Å². The number of hydrogen-bond acceptors (Lipinski definition) is 2. The highest BCUT2D eigenvalue weighted by atomic mass is 16.5. The fourth-order valence-corrected chi connectivity index (χ4v) is 2.59. The third kappa shape index (κ3) is 2.08.